The van der Waals surface area contributed by atoms with Crippen LogP contribution in [0.3, 0.4) is 0 Å². The molecule has 0 bridgehead atoms. The van der Waals surface area contributed by atoms with E-state index in [2.05, 4.69) is 22.1 Å². The summed E-state index contributed by atoms with van der Waals surface area (Å²) in [6, 6.07) is 2.25. The molecule has 1 atom stereocenters. The molecular weight excluding hydrogens is 257 g/mol. The highest BCUT2D eigenvalue weighted by molar-refractivity contribution is 6.36. The lowest BCUT2D eigenvalue weighted by atomic mass is 10.2. The molecule has 94 valence electrons. The highest BCUT2D eigenvalue weighted by Gasteiger charge is 2.26. The number of nitrogens with zero attached hydrogens (tertiary/aromatic N) is 2. The zero-order valence-electron chi connectivity index (χ0n) is 9.92. The zero-order chi connectivity index (χ0) is 12.3. The van der Waals surface area contributed by atoms with E-state index < -0.39 is 0 Å². The van der Waals surface area contributed by atoms with Gasteiger partial charge in [-0.3, -0.25) is 0 Å². The second-order valence-electron chi connectivity index (χ2n) is 4.26. The monoisotopic (exact) mass is 273 g/mol. The summed E-state index contributed by atoms with van der Waals surface area (Å²) in [6.07, 6.45) is 4.04. The Labute approximate surface area is 112 Å². The quantitative estimate of drug-likeness (QED) is 0.915. The number of rotatable bonds is 4. The second kappa shape index (κ2) is 5.89. The first kappa shape index (κ1) is 12.9. The topological polar surface area (TPSA) is 28.2 Å². The first-order valence-electron chi connectivity index (χ1n) is 6.00. The molecule has 1 unspecified atom stereocenters. The van der Waals surface area contributed by atoms with E-state index in [9.17, 15) is 0 Å². The van der Waals surface area contributed by atoms with Crippen LogP contribution in [0.15, 0.2) is 12.3 Å². The molecule has 1 saturated heterocycles. The minimum Gasteiger partial charge on any atom is -0.351 e. The Morgan fingerprint density at radius 1 is 1.53 bits per heavy atom. The number of anilines is 1. The van der Waals surface area contributed by atoms with Gasteiger partial charge in [0, 0.05) is 25.3 Å². The molecule has 0 saturated carbocycles. The normalized spacial score (nSPS) is 19.9. The van der Waals surface area contributed by atoms with Crippen LogP contribution < -0.4 is 10.2 Å². The van der Waals surface area contributed by atoms with Crippen molar-refractivity contribution in [3.63, 3.8) is 0 Å². The zero-order valence-corrected chi connectivity index (χ0v) is 11.4. The Morgan fingerprint density at radius 3 is 3.06 bits per heavy atom. The van der Waals surface area contributed by atoms with Crippen molar-refractivity contribution in [3.05, 3.63) is 22.3 Å². The molecule has 1 aliphatic heterocycles. The van der Waals surface area contributed by atoms with Gasteiger partial charge in [0.2, 0.25) is 0 Å². The van der Waals surface area contributed by atoms with Crippen LogP contribution in [0.1, 0.15) is 19.8 Å². The number of hydrogen-bond acceptors (Lipinski definition) is 3. The molecule has 1 aromatic heterocycles. The van der Waals surface area contributed by atoms with Crippen LogP contribution in [0.5, 0.6) is 0 Å². The standard InChI is InChI=1S/C12H17Cl2N3/c1-2-15-8-10-4-3-5-17(10)12-11(14)6-9(13)7-16-12/h6-7,10,15H,2-5,8H2,1H3. The first-order chi connectivity index (χ1) is 8.22. The predicted molar refractivity (Wildman–Crippen MR) is 73.2 cm³/mol. The van der Waals surface area contributed by atoms with Gasteiger partial charge in [0.05, 0.1) is 10.0 Å². The van der Waals surface area contributed by atoms with Crippen molar-refractivity contribution in [2.24, 2.45) is 0 Å². The molecule has 1 N–H and O–H groups in total. The van der Waals surface area contributed by atoms with E-state index in [1.54, 1.807) is 12.3 Å². The number of pyridine rings is 1. The number of hydrogen-bond donors (Lipinski definition) is 1. The fourth-order valence-electron chi connectivity index (χ4n) is 2.26. The van der Waals surface area contributed by atoms with Crippen molar-refractivity contribution in [2.75, 3.05) is 24.5 Å². The molecule has 17 heavy (non-hydrogen) atoms. The summed E-state index contributed by atoms with van der Waals surface area (Å²) in [5.41, 5.74) is 0. The maximum absolute atomic E-state index is 6.20. The maximum atomic E-state index is 6.20. The van der Waals surface area contributed by atoms with Crippen LogP contribution in [0.2, 0.25) is 10.0 Å². The van der Waals surface area contributed by atoms with Gasteiger partial charge in [-0.2, -0.15) is 0 Å². The fourth-order valence-corrected chi connectivity index (χ4v) is 2.75. The molecule has 0 aromatic carbocycles. The van der Waals surface area contributed by atoms with E-state index in [0.717, 1.165) is 25.5 Å². The highest BCUT2D eigenvalue weighted by Crippen LogP contribution is 2.31. The molecule has 3 nitrogen and oxygen atoms in total. The molecule has 0 amide bonds. The maximum Gasteiger partial charge on any atom is 0.147 e. The Hall–Kier alpha value is -0.510. The van der Waals surface area contributed by atoms with Crippen molar-refractivity contribution in [3.8, 4) is 0 Å². The average Bonchev–Trinajstić information content (AvgIpc) is 2.74. The number of aromatic nitrogens is 1. The molecule has 2 rings (SSSR count). The third-order valence-electron chi connectivity index (χ3n) is 3.07. The summed E-state index contributed by atoms with van der Waals surface area (Å²) in [6.45, 7) is 5.11. The number of nitrogens with one attached hydrogen (secondary N) is 1. The van der Waals surface area contributed by atoms with Crippen LogP contribution in [-0.4, -0.2) is 30.7 Å². The van der Waals surface area contributed by atoms with Crippen LogP contribution in [0.4, 0.5) is 5.82 Å². The van der Waals surface area contributed by atoms with Gasteiger partial charge in [-0.15, -0.1) is 0 Å². The van der Waals surface area contributed by atoms with Gasteiger partial charge in [-0.1, -0.05) is 30.1 Å². The molecule has 0 spiro atoms. The summed E-state index contributed by atoms with van der Waals surface area (Å²) in [5.74, 6) is 0.858. The molecule has 2 heterocycles. The highest BCUT2D eigenvalue weighted by atomic mass is 35.5. The van der Waals surface area contributed by atoms with Crippen LogP contribution in [0, 0.1) is 0 Å². The lowest BCUT2D eigenvalue weighted by Gasteiger charge is -2.26. The van der Waals surface area contributed by atoms with Crippen LogP contribution in [-0.2, 0) is 0 Å². The minimum absolute atomic E-state index is 0.487. The molecule has 1 fully saturated rings. The third-order valence-corrected chi connectivity index (χ3v) is 3.55. The van der Waals surface area contributed by atoms with E-state index in [4.69, 9.17) is 23.2 Å². The SMILES string of the molecule is CCNCC1CCCN1c1ncc(Cl)cc1Cl. The Balaban J connectivity index is 2.14. The van der Waals surface area contributed by atoms with Gasteiger partial charge < -0.3 is 10.2 Å². The molecular formula is C12H17Cl2N3. The van der Waals surface area contributed by atoms with Gasteiger partial charge >= 0.3 is 0 Å². The molecule has 1 aliphatic rings. The second-order valence-corrected chi connectivity index (χ2v) is 5.10. The molecule has 0 radical (unpaired) electrons. The van der Waals surface area contributed by atoms with Crippen molar-refractivity contribution in [1.29, 1.82) is 0 Å². The van der Waals surface area contributed by atoms with Crippen molar-refractivity contribution in [1.82, 2.24) is 10.3 Å². The van der Waals surface area contributed by atoms with Crippen LogP contribution >= 0.6 is 23.2 Å². The van der Waals surface area contributed by atoms with E-state index in [1.165, 1.54) is 12.8 Å². The number of likely N-dealkylation sites (N-methyl/N-ethyl adjacent to an activating group) is 1. The average molecular weight is 274 g/mol. The molecule has 0 aliphatic carbocycles. The number of halogens is 2. The van der Waals surface area contributed by atoms with E-state index in [-0.39, 0.29) is 0 Å². The van der Waals surface area contributed by atoms with Gasteiger partial charge in [0.15, 0.2) is 0 Å². The first-order valence-corrected chi connectivity index (χ1v) is 6.76. The van der Waals surface area contributed by atoms with E-state index >= 15 is 0 Å². The van der Waals surface area contributed by atoms with E-state index in [0.29, 0.717) is 16.1 Å². The summed E-state index contributed by atoms with van der Waals surface area (Å²) in [7, 11) is 0. The fraction of sp³-hybridized carbons (Fsp3) is 0.583. The molecule has 5 heteroatoms. The van der Waals surface area contributed by atoms with Crippen LogP contribution in [0.25, 0.3) is 0 Å². The van der Waals surface area contributed by atoms with Crippen molar-refractivity contribution < 1.29 is 0 Å². The van der Waals surface area contributed by atoms with Gasteiger partial charge in [-0.25, -0.2) is 4.98 Å². The summed E-state index contributed by atoms with van der Waals surface area (Å²) in [5, 5.41) is 4.61. The van der Waals surface area contributed by atoms with Gasteiger partial charge in [-0.05, 0) is 25.5 Å². The smallest absolute Gasteiger partial charge is 0.147 e. The minimum atomic E-state index is 0.487. The lowest BCUT2D eigenvalue weighted by Crippen LogP contribution is -2.38. The van der Waals surface area contributed by atoms with E-state index in [1.807, 2.05) is 0 Å². The Bertz CT molecular complexity index is 384. The largest absolute Gasteiger partial charge is 0.351 e. The van der Waals surface area contributed by atoms with Crippen molar-refractivity contribution in [2.45, 2.75) is 25.8 Å². The Morgan fingerprint density at radius 2 is 2.35 bits per heavy atom. The summed E-state index contributed by atoms with van der Waals surface area (Å²) >= 11 is 12.1. The van der Waals surface area contributed by atoms with Gasteiger partial charge in [0.25, 0.3) is 0 Å². The molecule has 1 aromatic rings. The Kier molecular flexibility index (Phi) is 4.48. The summed E-state index contributed by atoms with van der Waals surface area (Å²) in [4.78, 5) is 6.63. The lowest BCUT2D eigenvalue weighted by molar-refractivity contribution is 0.585. The van der Waals surface area contributed by atoms with Crippen molar-refractivity contribution >= 4 is 29.0 Å². The third kappa shape index (κ3) is 3.03. The van der Waals surface area contributed by atoms with Gasteiger partial charge in [0.1, 0.15) is 5.82 Å². The summed E-state index contributed by atoms with van der Waals surface area (Å²) < 4.78 is 0. The predicted octanol–water partition coefficient (Wildman–Crippen LogP) is 2.97.